The second-order valence-electron chi connectivity index (χ2n) is 6.01. The van der Waals surface area contributed by atoms with Crippen molar-refractivity contribution >= 4 is 5.91 Å². The van der Waals surface area contributed by atoms with Crippen LogP contribution in [0.1, 0.15) is 37.2 Å². The Kier molecular flexibility index (Phi) is 4.17. The Hall–Kier alpha value is -1.53. The van der Waals surface area contributed by atoms with Crippen molar-refractivity contribution in [3.8, 4) is 0 Å². The highest BCUT2D eigenvalue weighted by molar-refractivity contribution is 5.92. The predicted octanol–water partition coefficient (Wildman–Crippen LogP) is 0.847. The number of fused-ring (bicyclic) bond motifs is 1. The third kappa shape index (κ3) is 2.91. The van der Waals surface area contributed by atoms with Gasteiger partial charge in [0.25, 0.3) is 5.91 Å². The third-order valence-corrected chi connectivity index (χ3v) is 4.34. The van der Waals surface area contributed by atoms with Crippen molar-refractivity contribution in [2.24, 2.45) is 0 Å². The Labute approximate surface area is 124 Å². The Morgan fingerprint density at radius 1 is 1.48 bits per heavy atom. The molecule has 3 heterocycles. The molecule has 0 spiro atoms. The Morgan fingerprint density at radius 2 is 2.33 bits per heavy atom. The molecule has 3 atom stereocenters. The number of carbonyl (C=O) groups is 1. The number of carbonyl (C=O) groups excluding carboxylic acids is 1. The van der Waals surface area contributed by atoms with Gasteiger partial charge < -0.3 is 10.1 Å². The van der Waals surface area contributed by atoms with Crippen LogP contribution >= 0.6 is 0 Å². The second kappa shape index (κ2) is 6.07. The number of likely N-dealkylation sites (tertiary alicyclic amines) is 1. The minimum absolute atomic E-state index is 0.0206. The highest BCUT2D eigenvalue weighted by Gasteiger charge is 2.45. The van der Waals surface area contributed by atoms with Crippen molar-refractivity contribution in [2.45, 2.75) is 50.9 Å². The van der Waals surface area contributed by atoms with Crippen LogP contribution in [-0.2, 0) is 4.74 Å². The van der Waals surface area contributed by atoms with Crippen molar-refractivity contribution in [2.75, 3.05) is 13.2 Å². The third-order valence-electron chi connectivity index (χ3n) is 4.34. The molecule has 0 radical (unpaired) electrons. The number of amides is 1. The van der Waals surface area contributed by atoms with Crippen molar-refractivity contribution in [3.63, 3.8) is 0 Å². The van der Waals surface area contributed by atoms with Gasteiger partial charge in [-0.2, -0.15) is 0 Å². The zero-order valence-electron chi connectivity index (χ0n) is 12.5. The summed E-state index contributed by atoms with van der Waals surface area (Å²) in [6.45, 7) is 6.00. The largest absolute Gasteiger partial charge is 0.374 e. The summed E-state index contributed by atoms with van der Waals surface area (Å²) in [5.41, 5.74) is 0.354. The summed E-state index contributed by atoms with van der Waals surface area (Å²) in [6, 6.07) is 0.885. The van der Waals surface area contributed by atoms with Crippen molar-refractivity contribution in [1.82, 2.24) is 20.2 Å². The Balaban J connectivity index is 1.71. The molecule has 1 aromatic rings. The summed E-state index contributed by atoms with van der Waals surface area (Å²) < 4.78 is 5.94. The smallest absolute Gasteiger partial charge is 0.271 e. The van der Waals surface area contributed by atoms with Crippen molar-refractivity contribution in [3.05, 3.63) is 24.3 Å². The van der Waals surface area contributed by atoms with Crippen LogP contribution in [0.3, 0.4) is 0 Å². The minimum atomic E-state index is -0.174. The van der Waals surface area contributed by atoms with E-state index >= 15 is 0 Å². The standard InChI is InChI=1S/C15H22N4O2/c1-10(2)19-9-12(14-13(19)4-3-7-21-14)18-15(20)11-8-16-5-6-17-11/h5-6,8,10,12-14H,3-4,7,9H2,1-2H3,(H,18,20)/t12-,13?,14?/m0/s1. The van der Waals surface area contributed by atoms with E-state index in [1.165, 1.54) is 12.4 Å². The van der Waals surface area contributed by atoms with Gasteiger partial charge in [-0.15, -0.1) is 0 Å². The molecular weight excluding hydrogens is 268 g/mol. The van der Waals surface area contributed by atoms with Crippen LogP contribution in [0.4, 0.5) is 0 Å². The average Bonchev–Trinajstić information content (AvgIpc) is 2.87. The topological polar surface area (TPSA) is 67.4 Å². The summed E-state index contributed by atoms with van der Waals surface area (Å²) in [4.78, 5) is 22.7. The average molecular weight is 290 g/mol. The maximum absolute atomic E-state index is 12.3. The Bertz CT molecular complexity index is 494. The molecule has 6 nitrogen and oxygen atoms in total. The molecule has 2 aliphatic rings. The van der Waals surface area contributed by atoms with E-state index in [4.69, 9.17) is 4.74 Å². The summed E-state index contributed by atoms with van der Waals surface area (Å²) in [6.07, 6.45) is 6.90. The van der Waals surface area contributed by atoms with E-state index in [-0.39, 0.29) is 18.1 Å². The molecule has 1 N–H and O–H groups in total. The van der Waals surface area contributed by atoms with Crippen molar-refractivity contribution in [1.29, 1.82) is 0 Å². The maximum Gasteiger partial charge on any atom is 0.271 e. The second-order valence-corrected chi connectivity index (χ2v) is 6.01. The van der Waals surface area contributed by atoms with E-state index in [1.807, 2.05) is 0 Å². The first kappa shape index (κ1) is 14.4. The highest BCUT2D eigenvalue weighted by Crippen LogP contribution is 2.30. The van der Waals surface area contributed by atoms with Crippen molar-refractivity contribution < 1.29 is 9.53 Å². The summed E-state index contributed by atoms with van der Waals surface area (Å²) >= 11 is 0. The lowest BCUT2D eigenvalue weighted by Gasteiger charge is -2.34. The van der Waals surface area contributed by atoms with Crippen LogP contribution in [-0.4, -0.2) is 58.2 Å². The highest BCUT2D eigenvalue weighted by atomic mass is 16.5. The fourth-order valence-corrected chi connectivity index (χ4v) is 3.37. The number of nitrogens with one attached hydrogen (secondary N) is 1. The van der Waals surface area contributed by atoms with E-state index in [0.29, 0.717) is 17.8 Å². The van der Waals surface area contributed by atoms with Gasteiger partial charge in [0.15, 0.2) is 0 Å². The Morgan fingerprint density at radius 3 is 3.05 bits per heavy atom. The van der Waals surface area contributed by atoms with Crippen LogP contribution < -0.4 is 5.32 Å². The molecule has 1 aromatic heterocycles. The molecule has 2 unspecified atom stereocenters. The molecule has 2 fully saturated rings. The predicted molar refractivity (Wildman–Crippen MR) is 77.9 cm³/mol. The number of nitrogens with zero attached hydrogens (tertiary/aromatic N) is 3. The van der Waals surface area contributed by atoms with Gasteiger partial charge in [-0.3, -0.25) is 14.7 Å². The monoisotopic (exact) mass is 290 g/mol. The molecule has 114 valence electrons. The molecular formula is C15H22N4O2. The number of hydrogen-bond acceptors (Lipinski definition) is 5. The first-order valence-electron chi connectivity index (χ1n) is 7.61. The summed E-state index contributed by atoms with van der Waals surface area (Å²) in [5, 5.41) is 3.07. The number of hydrogen-bond donors (Lipinski definition) is 1. The molecule has 21 heavy (non-hydrogen) atoms. The van der Waals surface area contributed by atoms with Crippen LogP contribution in [0.2, 0.25) is 0 Å². The normalized spacial score (nSPS) is 29.4. The molecule has 0 aliphatic carbocycles. The number of rotatable bonds is 3. The molecule has 0 saturated carbocycles. The lowest BCUT2D eigenvalue weighted by atomic mass is 10.0. The summed E-state index contributed by atoms with van der Waals surface area (Å²) in [5.74, 6) is -0.174. The molecule has 1 amide bonds. The fraction of sp³-hybridized carbons (Fsp3) is 0.667. The zero-order chi connectivity index (χ0) is 14.8. The van der Waals surface area contributed by atoms with E-state index in [9.17, 15) is 4.79 Å². The SMILES string of the molecule is CC(C)N1C[C@H](NC(=O)c2cnccn2)C2OCCCC21. The van der Waals surface area contributed by atoms with E-state index in [1.54, 1.807) is 6.20 Å². The number of ether oxygens (including phenoxy) is 1. The lowest BCUT2D eigenvalue weighted by Crippen LogP contribution is -2.48. The van der Waals surface area contributed by atoms with Crippen LogP contribution in [0.25, 0.3) is 0 Å². The quantitative estimate of drug-likeness (QED) is 0.894. The zero-order valence-corrected chi connectivity index (χ0v) is 12.5. The van der Waals surface area contributed by atoms with E-state index < -0.39 is 0 Å². The molecule has 0 bridgehead atoms. The first-order chi connectivity index (χ1) is 10.2. The van der Waals surface area contributed by atoms with Gasteiger partial charge in [0.05, 0.1) is 18.3 Å². The van der Waals surface area contributed by atoms with Crippen LogP contribution in [0.15, 0.2) is 18.6 Å². The lowest BCUT2D eigenvalue weighted by molar-refractivity contribution is -0.0243. The molecule has 2 saturated heterocycles. The van der Waals surface area contributed by atoms with Crippen LogP contribution in [0.5, 0.6) is 0 Å². The van der Waals surface area contributed by atoms with Gasteiger partial charge in [-0.25, -0.2) is 4.98 Å². The molecule has 2 aliphatic heterocycles. The minimum Gasteiger partial charge on any atom is -0.374 e. The molecule has 6 heteroatoms. The summed E-state index contributed by atoms with van der Waals surface area (Å²) in [7, 11) is 0. The van der Waals surface area contributed by atoms with E-state index in [0.717, 1.165) is 26.0 Å². The van der Waals surface area contributed by atoms with Gasteiger partial charge >= 0.3 is 0 Å². The van der Waals surface area contributed by atoms with Gasteiger partial charge in [0.2, 0.25) is 0 Å². The van der Waals surface area contributed by atoms with Crippen LogP contribution in [0, 0.1) is 0 Å². The molecule has 0 aromatic carbocycles. The number of aromatic nitrogens is 2. The first-order valence-corrected chi connectivity index (χ1v) is 7.61. The van der Waals surface area contributed by atoms with Gasteiger partial charge in [-0.05, 0) is 26.7 Å². The van der Waals surface area contributed by atoms with Gasteiger partial charge in [0, 0.05) is 37.6 Å². The van der Waals surface area contributed by atoms with Gasteiger partial charge in [-0.1, -0.05) is 0 Å². The maximum atomic E-state index is 12.3. The fourth-order valence-electron chi connectivity index (χ4n) is 3.37. The van der Waals surface area contributed by atoms with Gasteiger partial charge in [0.1, 0.15) is 5.69 Å². The van der Waals surface area contributed by atoms with E-state index in [2.05, 4.69) is 34.0 Å². The molecule has 3 rings (SSSR count).